The van der Waals surface area contributed by atoms with Gasteiger partial charge in [-0.05, 0) is 32.1 Å². The summed E-state index contributed by atoms with van der Waals surface area (Å²) in [6.45, 7) is 1.36. The molecule has 5 rings (SSSR count). The van der Waals surface area contributed by atoms with Crippen molar-refractivity contribution in [1.29, 1.82) is 0 Å². The van der Waals surface area contributed by atoms with Crippen LogP contribution in [0.25, 0.3) is 0 Å². The van der Waals surface area contributed by atoms with E-state index in [0.717, 1.165) is 25.7 Å². The molecule has 3 fully saturated rings. The van der Waals surface area contributed by atoms with Crippen molar-refractivity contribution in [3.05, 3.63) is 24.3 Å². The average Bonchev–Trinajstić information content (AvgIpc) is 3.18. The van der Waals surface area contributed by atoms with Gasteiger partial charge in [-0.25, -0.2) is 0 Å². The maximum absolute atomic E-state index is 14.2. The highest BCUT2D eigenvalue weighted by Gasteiger charge is 2.71. The fourth-order valence-electron chi connectivity index (χ4n) is 6.48. The van der Waals surface area contributed by atoms with E-state index in [2.05, 4.69) is 12.2 Å². The fraction of sp³-hybridized carbons (Fsp3) is 0.720. The molecule has 0 aromatic heterocycles. The number of likely N-dealkylation sites (tertiary alicyclic amines) is 1. The lowest BCUT2D eigenvalue weighted by Gasteiger charge is -2.39. The first kappa shape index (κ1) is 23.0. The largest absolute Gasteiger partial charge is 0.465 e. The second-order valence-electron chi connectivity index (χ2n) is 9.87. The number of amides is 2. The number of unbranched alkanes of at least 4 members (excludes halogenated alkanes) is 1. The van der Waals surface area contributed by atoms with Crippen LogP contribution in [0.2, 0.25) is 0 Å². The number of esters is 1. The number of ether oxygens (including phenoxy) is 1. The molecule has 1 N–H and O–H groups in total. The van der Waals surface area contributed by atoms with E-state index in [1.807, 2.05) is 17.1 Å². The molecule has 0 bridgehead atoms. The first-order valence-electron chi connectivity index (χ1n) is 12.5. The number of hydrogen-bond acceptors (Lipinski definition) is 6. The molecule has 4 aliphatic heterocycles. The van der Waals surface area contributed by atoms with Crippen molar-refractivity contribution in [3.63, 3.8) is 0 Å². The Hall–Kier alpha value is -1.80. The Labute approximate surface area is 199 Å². The van der Waals surface area contributed by atoms with Crippen molar-refractivity contribution < 1.29 is 24.2 Å². The minimum absolute atomic E-state index is 0.0193. The van der Waals surface area contributed by atoms with E-state index in [4.69, 9.17) is 4.74 Å². The highest BCUT2D eigenvalue weighted by molar-refractivity contribution is 8.02. The van der Waals surface area contributed by atoms with Crippen molar-refractivity contribution in [3.8, 4) is 0 Å². The fourth-order valence-corrected chi connectivity index (χ4v) is 8.48. The highest BCUT2D eigenvalue weighted by atomic mass is 32.2. The summed E-state index contributed by atoms with van der Waals surface area (Å²) in [5.74, 6) is -1.60. The Morgan fingerprint density at radius 2 is 1.91 bits per heavy atom. The van der Waals surface area contributed by atoms with Crippen molar-refractivity contribution in [2.45, 2.75) is 73.4 Å². The highest BCUT2D eigenvalue weighted by Crippen LogP contribution is 2.61. The third-order valence-electron chi connectivity index (χ3n) is 7.97. The maximum atomic E-state index is 14.2. The van der Waals surface area contributed by atoms with Crippen molar-refractivity contribution >= 4 is 29.5 Å². The number of thioether (sulfide) groups is 1. The van der Waals surface area contributed by atoms with Crippen molar-refractivity contribution in [2.75, 3.05) is 26.3 Å². The quantitative estimate of drug-likeness (QED) is 0.374. The normalized spacial score (nSPS) is 36.7. The number of aliphatic hydroxyl groups excluding tert-OH is 1. The maximum Gasteiger partial charge on any atom is 0.311 e. The molecule has 0 radical (unpaired) electrons. The summed E-state index contributed by atoms with van der Waals surface area (Å²) < 4.78 is 4.75. The zero-order chi connectivity index (χ0) is 23.0. The molecule has 5 aliphatic rings. The van der Waals surface area contributed by atoms with Crippen molar-refractivity contribution in [2.24, 2.45) is 11.8 Å². The molecule has 0 aromatic rings. The standard InChI is InChI=1S/C25H34N2O5S/c28-15-6-5-13-27-21-23(30)26(17-9-2-1-3-10-17)14-8-12-25(21)20(22(27)29)19-18(33-25)11-4-7-16-32-24(19)31/h4,8,11-12,17-21,28H,1-3,5-7,9-10,13-16H2/t18-,19+,20-,21?,25-/m0/s1. The van der Waals surface area contributed by atoms with E-state index >= 15 is 0 Å². The van der Waals surface area contributed by atoms with Gasteiger partial charge in [-0.3, -0.25) is 14.4 Å². The van der Waals surface area contributed by atoms with Crippen LogP contribution < -0.4 is 0 Å². The molecule has 0 aromatic carbocycles. The number of fused-ring (bicyclic) bond motifs is 2. The zero-order valence-corrected chi connectivity index (χ0v) is 19.9. The van der Waals surface area contributed by atoms with Gasteiger partial charge in [-0.2, -0.15) is 0 Å². The molecule has 33 heavy (non-hydrogen) atoms. The lowest BCUT2D eigenvalue weighted by molar-refractivity contribution is -0.153. The second-order valence-corrected chi connectivity index (χ2v) is 11.4. The molecule has 7 nitrogen and oxygen atoms in total. The van der Waals surface area contributed by atoms with Crippen LogP contribution in [0.1, 0.15) is 51.4 Å². The molecule has 1 aliphatic carbocycles. The topological polar surface area (TPSA) is 87.2 Å². The van der Waals surface area contributed by atoms with Gasteiger partial charge in [0.2, 0.25) is 11.8 Å². The van der Waals surface area contributed by atoms with Gasteiger partial charge in [-0.1, -0.05) is 43.6 Å². The van der Waals surface area contributed by atoms with Gasteiger partial charge in [0.15, 0.2) is 0 Å². The second kappa shape index (κ2) is 9.45. The molecule has 5 atom stereocenters. The van der Waals surface area contributed by atoms with E-state index in [1.54, 1.807) is 16.7 Å². The molecule has 4 heterocycles. The van der Waals surface area contributed by atoms with Crippen LogP contribution in [-0.4, -0.2) is 81.1 Å². The lowest BCUT2D eigenvalue weighted by Crippen LogP contribution is -2.55. The van der Waals surface area contributed by atoms with E-state index in [1.165, 1.54) is 6.42 Å². The predicted octanol–water partition coefficient (Wildman–Crippen LogP) is 2.29. The number of nitrogens with zero attached hydrogens (tertiary/aromatic N) is 2. The lowest BCUT2D eigenvalue weighted by atomic mass is 9.78. The summed E-state index contributed by atoms with van der Waals surface area (Å²) in [5, 5.41) is 9.12. The molecule has 1 unspecified atom stereocenters. The number of rotatable bonds is 5. The summed E-state index contributed by atoms with van der Waals surface area (Å²) in [7, 11) is 0. The van der Waals surface area contributed by atoms with E-state index in [0.29, 0.717) is 39.0 Å². The van der Waals surface area contributed by atoms with Crippen LogP contribution in [0.5, 0.6) is 0 Å². The van der Waals surface area contributed by atoms with Gasteiger partial charge in [-0.15, -0.1) is 11.8 Å². The third-order valence-corrected chi connectivity index (χ3v) is 9.72. The van der Waals surface area contributed by atoms with Crippen LogP contribution in [-0.2, 0) is 19.1 Å². The van der Waals surface area contributed by atoms with Gasteiger partial charge in [0, 0.05) is 31.0 Å². The van der Waals surface area contributed by atoms with Crippen LogP contribution in [0, 0.1) is 11.8 Å². The molecule has 180 valence electrons. The Morgan fingerprint density at radius 3 is 2.70 bits per heavy atom. The van der Waals surface area contributed by atoms with E-state index in [9.17, 15) is 19.5 Å². The third kappa shape index (κ3) is 3.83. The number of carbonyl (C=O) groups excluding carboxylic acids is 3. The van der Waals surface area contributed by atoms with Gasteiger partial charge >= 0.3 is 5.97 Å². The van der Waals surface area contributed by atoms with Crippen molar-refractivity contribution in [1.82, 2.24) is 9.80 Å². The van der Waals surface area contributed by atoms with E-state index in [-0.39, 0.29) is 35.7 Å². The molecular weight excluding hydrogens is 440 g/mol. The molecule has 1 saturated carbocycles. The first-order valence-corrected chi connectivity index (χ1v) is 13.4. The summed E-state index contributed by atoms with van der Waals surface area (Å²) in [6, 6.07) is -0.404. The first-order chi connectivity index (χ1) is 16.1. The SMILES string of the molecule is O=C1OCCC=C[C@@H]2S[C@]34C=CCN(C5CCCCC5)C(=O)C3N(CCCCO)C(=O)[C@@H]4[C@H]12. The Morgan fingerprint density at radius 1 is 1.09 bits per heavy atom. The van der Waals surface area contributed by atoms with E-state index < -0.39 is 22.6 Å². The predicted molar refractivity (Wildman–Crippen MR) is 125 cm³/mol. The number of hydrogen-bond donors (Lipinski definition) is 1. The molecule has 2 saturated heterocycles. The Kier molecular flexibility index (Phi) is 6.58. The Bertz CT molecular complexity index is 854. The number of aliphatic hydroxyl groups is 1. The molecular formula is C25H34N2O5S. The summed E-state index contributed by atoms with van der Waals surface area (Å²) in [5.41, 5.74) is 0. The minimum Gasteiger partial charge on any atom is -0.465 e. The average molecular weight is 475 g/mol. The molecule has 2 amide bonds. The van der Waals surface area contributed by atoms with Gasteiger partial charge in [0.25, 0.3) is 0 Å². The molecule has 1 spiro atoms. The van der Waals surface area contributed by atoms with Gasteiger partial charge in [0.1, 0.15) is 6.04 Å². The summed E-state index contributed by atoms with van der Waals surface area (Å²) in [6.07, 6.45) is 15.6. The smallest absolute Gasteiger partial charge is 0.311 e. The van der Waals surface area contributed by atoms with Crippen LogP contribution in [0.4, 0.5) is 0 Å². The van der Waals surface area contributed by atoms with Gasteiger partial charge in [0.05, 0.1) is 23.2 Å². The summed E-state index contributed by atoms with van der Waals surface area (Å²) >= 11 is 1.60. The molecule has 8 heteroatoms. The van der Waals surface area contributed by atoms with Crippen LogP contribution in [0.3, 0.4) is 0 Å². The minimum atomic E-state index is -0.764. The Balaban J connectivity index is 1.54. The zero-order valence-electron chi connectivity index (χ0n) is 19.1. The summed E-state index contributed by atoms with van der Waals surface area (Å²) in [4.78, 5) is 44.9. The van der Waals surface area contributed by atoms with Crippen LogP contribution in [0.15, 0.2) is 24.3 Å². The number of carbonyl (C=O) groups is 3. The number of cyclic esters (lactones) is 1. The van der Waals surface area contributed by atoms with Crippen LogP contribution >= 0.6 is 11.8 Å². The monoisotopic (exact) mass is 474 g/mol. The van der Waals surface area contributed by atoms with Gasteiger partial charge < -0.3 is 19.6 Å².